The van der Waals surface area contributed by atoms with Crippen molar-refractivity contribution in [3.05, 3.63) is 23.8 Å². The van der Waals surface area contributed by atoms with Gasteiger partial charge in [-0.05, 0) is 43.8 Å². The summed E-state index contributed by atoms with van der Waals surface area (Å²) < 4.78 is 12.2. The molecule has 2 fully saturated rings. The summed E-state index contributed by atoms with van der Waals surface area (Å²) in [5.41, 5.74) is -0.781. The third-order valence-electron chi connectivity index (χ3n) is 7.80. The fourth-order valence-electron chi connectivity index (χ4n) is 6.29. The Morgan fingerprint density at radius 2 is 1.96 bits per heavy atom. The zero-order valence-electron chi connectivity index (χ0n) is 16.5. The van der Waals surface area contributed by atoms with Crippen LogP contribution in [0.1, 0.15) is 53.4 Å². The van der Waals surface area contributed by atoms with Crippen LogP contribution in [-0.2, 0) is 23.9 Å². The number of carbonyl (C=O) groups is 3. The predicted octanol–water partition coefficient (Wildman–Crippen LogP) is 3.17. The van der Waals surface area contributed by atoms with Crippen LogP contribution in [0.2, 0.25) is 0 Å². The Bertz CT molecular complexity index is 780. The van der Waals surface area contributed by atoms with Crippen molar-refractivity contribution in [3.8, 4) is 0 Å². The monoisotopic (exact) mass is 372 g/mol. The number of rotatable bonds is 2. The summed E-state index contributed by atoms with van der Waals surface area (Å²) in [7, 11) is 0. The summed E-state index contributed by atoms with van der Waals surface area (Å²) in [6, 6.07) is 0. The molecular formula is C22H28O5. The van der Waals surface area contributed by atoms with Crippen molar-refractivity contribution in [2.24, 2.45) is 22.7 Å². The van der Waals surface area contributed by atoms with E-state index in [1.165, 1.54) is 13.8 Å². The van der Waals surface area contributed by atoms with Gasteiger partial charge in [-0.15, -0.1) is 0 Å². The Kier molecular flexibility index (Phi) is 4.05. The summed E-state index contributed by atoms with van der Waals surface area (Å²) in [4.78, 5) is 36.3. The van der Waals surface area contributed by atoms with Gasteiger partial charge in [-0.2, -0.15) is 0 Å². The van der Waals surface area contributed by atoms with Crippen molar-refractivity contribution in [2.45, 2.75) is 65.1 Å². The third kappa shape index (κ3) is 2.36. The van der Waals surface area contributed by atoms with Crippen molar-refractivity contribution >= 4 is 17.5 Å². The molecule has 146 valence electrons. The van der Waals surface area contributed by atoms with E-state index in [1.807, 2.05) is 6.92 Å². The highest BCUT2D eigenvalue weighted by Crippen LogP contribution is 2.63. The summed E-state index contributed by atoms with van der Waals surface area (Å²) in [5, 5.41) is 0. The first-order valence-corrected chi connectivity index (χ1v) is 9.89. The number of esters is 1. The minimum absolute atomic E-state index is 0.0139. The molecule has 0 aromatic heterocycles. The van der Waals surface area contributed by atoms with Crippen LogP contribution in [0.15, 0.2) is 23.8 Å². The van der Waals surface area contributed by atoms with Crippen molar-refractivity contribution in [1.82, 2.24) is 0 Å². The fourth-order valence-corrected chi connectivity index (χ4v) is 6.29. The van der Waals surface area contributed by atoms with E-state index in [4.69, 9.17) is 9.47 Å². The summed E-state index contributed by atoms with van der Waals surface area (Å²) >= 11 is 0. The Labute approximate surface area is 160 Å². The zero-order chi connectivity index (χ0) is 19.6. The maximum atomic E-state index is 12.7. The quantitative estimate of drug-likeness (QED) is 0.697. The standard InChI is InChI=1S/C22H28O5/c1-13(23)22(27-14(2)24)10-8-18-17-6-5-15-11-16(25)7-9-20(15,3)19(17)26-12-21(18,22)4/h5-6,11,17-19H,7-10,12H2,1-4H3/t17-,18-,19-,20-,21-,22-/m0/s1. The van der Waals surface area contributed by atoms with E-state index in [2.05, 4.69) is 19.1 Å². The second-order valence-corrected chi connectivity index (χ2v) is 9.19. The van der Waals surface area contributed by atoms with E-state index in [0.29, 0.717) is 19.4 Å². The number of allylic oxidation sites excluding steroid dienone is 2. The number of ether oxygens (including phenoxy) is 2. The van der Waals surface area contributed by atoms with E-state index >= 15 is 0 Å². The average Bonchev–Trinajstić information content (AvgIpc) is 2.89. The van der Waals surface area contributed by atoms with E-state index in [9.17, 15) is 14.4 Å². The van der Waals surface area contributed by atoms with E-state index in [1.54, 1.807) is 6.08 Å². The number of carbonyl (C=O) groups excluding carboxylic acids is 3. The van der Waals surface area contributed by atoms with Gasteiger partial charge in [0, 0.05) is 30.1 Å². The normalized spacial score (nSPS) is 45.4. The Balaban J connectivity index is 1.75. The minimum Gasteiger partial charge on any atom is -0.451 e. The van der Waals surface area contributed by atoms with Gasteiger partial charge in [-0.3, -0.25) is 14.4 Å². The van der Waals surface area contributed by atoms with Gasteiger partial charge in [0.05, 0.1) is 12.7 Å². The molecule has 5 nitrogen and oxygen atoms in total. The minimum atomic E-state index is -1.11. The van der Waals surface area contributed by atoms with Gasteiger partial charge < -0.3 is 9.47 Å². The first-order chi connectivity index (χ1) is 12.6. The largest absolute Gasteiger partial charge is 0.451 e. The van der Waals surface area contributed by atoms with Gasteiger partial charge in [-0.25, -0.2) is 0 Å². The number of hydrogen-bond donors (Lipinski definition) is 0. The Morgan fingerprint density at radius 1 is 1.22 bits per heavy atom. The van der Waals surface area contributed by atoms with Crippen molar-refractivity contribution in [3.63, 3.8) is 0 Å². The fraction of sp³-hybridized carbons (Fsp3) is 0.682. The number of Topliss-reactive ketones (excluding diaryl/α,β-unsaturated/α-hetero) is 1. The molecule has 3 aliphatic carbocycles. The summed E-state index contributed by atoms with van der Waals surface area (Å²) in [5.74, 6) is 0.0103. The van der Waals surface area contributed by atoms with Crippen LogP contribution in [-0.4, -0.2) is 35.8 Å². The second kappa shape index (κ2) is 5.87. The molecule has 0 aromatic carbocycles. The Morgan fingerprint density at radius 3 is 2.63 bits per heavy atom. The number of ketones is 2. The molecule has 1 heterocycles. The van der Waals surface area contributed by atoms with Crippen LogP contribution in [0.4, 0.5) is 0 Å². The highest BCUT2D eigenvalue weighted by atomic mass is 16.6. The molecular weight excluding hydrogens is 344 g/mol. The molecule has 4 aliphatic rings. The molecule has 27 heavy (non-hydrogen) atoms. The van der Waals surface area contributed by atoms with Gasteiger partial charge >= 0.3 is 5.97 Å². The maximum Gasteiger partial charge on any atom is 0.303 e. The lowest BCUT2D eigenvalue weighted by molar-refractivity contribution is -0.212. The van der Waals surface area contributed by atoms with E-state index in [-0.39, 0.29) is 34.9 Å². The van der Waals surface area contributed by atoms with Gasteiger partial charge in [0.25, 0.3) is 0 Å². The molecule has 0 spiro atoms. The molecule has 0 bridgehead atoms. The molecule has 4 rings (SSSR count). The summed E-state index contributed by atoms with van der Waals surface area (Å²) in [6.07, 6.45) is 8.69. The van der Waals surface area contributed by atoms with Gasteiger partial charge in [0.2, 0.25) is 0 Å². The lowest BCUT2D eigenvalue weighted by Crippen LogP contribution is -2.62. The smallest absolute Gasteiger partial charge is 0.303 e. The second-order valence-electron chi connectivity index (χ2n) is 9.19. The van der Waals surface area contributed by atoms with E-state index in [0.717, 1.165) is 18.4 Å². The topological polar surface area (TPSA) is 69.7 Å². The van der Waals surface area contributed by atoms with Crippen LogP contribution in [0.3, 0.4) is 0 Å². The lowest BCUT2D eigenvalue weighted by atomic mass is 9.55. The molecule has 6 atom stereocenters. The molecule has 1 aliphatic heterocycles. The third-order valence-corrected chi connectivity index (χ3v) is 7.80. The molecule has 0 radical (unpaired) electrons. The van der Waals surface area contributed by atoms with Crippen LogP contribution >= 0.6 is 0 Å². The highest BCUT2D eigenvalue weighted by molar-refractivity contribution is 5.92. The molecule has 1 saturated carbocycles. The first kappa shape index (κ1) is 18.6. The number of fused-ring (bicyclic) bond motifs is 5. The Hall–Kier alpha value is -1.75. The van der Waals surface area contributed by atoms with Gasteiger partial charge in [-0.1, -0.05) is 26.0 Å². The summed E-state index contributed by atoms with van der Waals surface area (Å²) in [6.45, 7) is 7.50. The van der Waals surface area contributed by atoms with Crippen LogP contribution in [0, 0.1) is 22.7 Å². The molecule has 0 N–H and O–H groups in total. The van der Waals surface area contributed by atoms with Crippen molar-refractivity contribution in [1.29, 1.82) is 0 Å². The highest BCUT2D eigenvalue weighted by Gasteiger charge is 2.68. The molecule has 0 unspecified atom stereocenters. The van der Waals surface area contributed by atoms with Crippen molar-refractivity contribution < 1.29 is 23.9 Å². The lowest BCUT2D eigenvalue weighted by Gasteiger charge is -2.56. The van der Waals surface area contributed by atoms with Gasteiger partial charge in [0.15, 0.2) is 17.2 Å². The number of hydrogen-bond acceptors (Lipinski definition) is 5. The molecule has 0 amide bonds. The molecule has 0 aromatic rings. The molecule has 1 saturated heterocycles. The van der Waals surface area contributed by atoms with E-state index < -0.39 is 17.0 Å². The van der Waals surface area contributed by atoms with Crippen LogP contribution < -0.4 is 0 Å². The average molecular weight is 372 g/mol. The first-order valence-electron chi connectivity index (χ1n) is 9.89. The molecule has 5 heteroatoms. The van der Waals surface area contributed by atoms with Crippen molar-refractivity contribution in [2.75, 3.05) is 6.61 Å². The maximum absolute atomic E-state index is 12.7. The SMILES string of the molecule is CC(=O)O[C@]1(C(C)=O)CC[C@H]2[C@@H]3C=CC4=CC(=O)CC[C@]4(C)[C@H]3OC[C@@]21C. The van der Waals surface area contributed by atoms with Crippen LogP contribution in [0.25, 0.3) is 0 Å². The van der Waals surface area contributed by atoms with Crippen LogP contribution in [0.5, 0.6) is 0 Å². The zero-order valence-corrected chi connectivity index (χ0v) is 16.5. The predicted molar refractivity (Wildman–Crippen MR) is 98.8 cm³/mol. The van der Waals surface area contributed by atoms with Gasteiger partial charge in [0.1, 0.15) is 0 Å².